The van der Waals surface area contributed by atoms with E-state index in [1.165, 1.54) is 0 Å². The molecule has 116 valence electrons. The first-order chi connectivity index (χ1) is 11.3. The van der Waals surface area contributed by atoms with Gasteiger partial charge in [-0.05, 0) is 30.7 Å². The quantitative estimate of drug-likeness (QED) is 0.805. The van der Waals surface area contributed by atoms with Gasteiger partial charge in [-0.3, -0.25) is 4.98 Å². The number of rotatable bonds is 3. The zero-order valence-corrected chi connectivity index (χ0v) is 12.8. The van der Waals surface area contributed by atoms with Gasteiger partial charge in [0.15, 0.2) is 5.82 Å². The van der Waals surface area contributed by atoms with Crippen LogP contribution in [0.1, 0.15) is 6.42 Å². The van der Waals surface area contributed by atoms with Crippen LogP contribution in [0, 0.1) is 5.92 Å². The van der Waals surface area contributed by atoms with Gasteiger partial charge in [0, 0.05) is 49.0 Å². The fraction of sp³-hybridized carbons (Fsp3) is 0.278. The highest BCUT2D eigenvalue weighted by atomic mass is 16.3. The number of benzene rings is 1. The van der Waals surface area contributed by atoms with Gasteiger partial charge in [-0.25, -0.2) is 9.97 Å². The summed E-state index contributed by atoms with van der Waals surface area (Å²) in [5.74, 6) is 1.97. The Morgan fingerprint density at radius 2 is 2.04 bits per heavy atom. The molecule has 0 radical (unpaired) electrons. The molecule has 23 heavy (non-hydrogen) atoms. The smallest absolute Gasteiger partial charge is 0.163 e. The normalized spacial score (nSPS) is 17.8. The summed E-state index contributed by atoms with van der Waals surface area (Å²) in [6.07, 6.45) is 4.53. The SMILES string of the molecule is OCC1CCN(c2nc(-c3cccnc3)nc3ccccc23)C1. The van der Waals surface area contributed by atoms with Gasteiger partial charge in [0.1, 0.15) is 5.82 Å². The van der Waals surface area contributed by atoms with E-state index >= 15 is 0 Å². The number of hydrogen-bond donors (Lipinski definition) is 1. The van der Waals surface area contributed by atoms with E-state index in [-0.39, 0.29) is 6.61 Å². The minimum Gasteiger partial charge on any atom is -0.396 e. The summed E-state index contributed by atoms with van der Waals surface area (Å²) in [5, 5.41) is 10.5. The van der Waals surface area contributed by atoms with Gasteiger partial charge in [0.25, 0.3) is 0 Å². The van der Waals surface area contributed by atoms with Gasteiger partial charge in [-0.15, -0.1) is 0 Å². The van der Waals surface area contributed by atoms with Gasteiger partial charge >= 0.3 is 0 Å². The minimum atomic E-state index is 0.231. The second kappa shape index (κ2) is 5.93. The number of aliphatic hydroxyl groups excluding tert-OH is 1. The van der Waals surface area contributed by atoms with E-state index < -0.39 is 0 Å². The second-order valence-electron chi connectivity index (χ2n) is 5.91. The highest BCUT2D eigenvalue weighted by Gasteiger charge is 2.25. The van der Waals surface area contributed by atoms with Crippen molar-refractivity contribution in [3.8, 4) is 11.4 Å². The molecule has 1 aromatic carbocycles. The minimum absolute atomic E-state index is 0.231. The van der Waals surface area contributed by atoms with E-state index in [1.54, 1.807) is 12.4 Å². The van der Waals surface area contributed by atoms with Gasteiger partial charge in [0.05, 0.1) is 5.52 Å². The lowest BCUT2D eigenvalue weighted by Gasteiger charge is -2.20. The van der Waals surface area contributed by atoms with Gasteiger partial charge in [0.2, 0.25) is 0 Å². The second-order valence-corrected chi connectivity index (χ2v) is 5.91. The Bertz CT molecular complexity index is 822. The van der Waals surface area contributed by atoms with Crippen LogP contribution in [0.25, 0.3) is 22.3 Å². The lowest BCUT2D eigenvalue weighted by atomic mass is 10.1. The summed E-state index contributed by atoms with van der Waals surface area (Å²) in [6, 6.07) is 11.9. The summed E-state index contributed by atoms with van der Waals surface area (Å²) in [6.45, 7) is 1.98. The maximum atomic E-state index is 9.41. The Balaban J connectivity index is 1.85. The fourth-order valence-corrected chi connectivity index (χ4v) is 3.10. The summed E-state index contributed by atoms with van der Waals surface area (Å²) in [4.78, 5) is 15.9. The first kappa shape index (κ1) is 14.1. The maximum Gasteiger partial charge on any atom is 0.163 e. The lowest BCUT2D eigenvalue weighted by molar-refractivity contribution is 0.238. The third-order valence-electron chi connectivity index (χ3n) is 4.35. The van der Waals surface area contributed by atoms with E-state index in [2.05, 4.69) is 20.9 Å². The average Bonchev–Trinajstić information content (AvgIpc) is 3.10. The average molecular weight is 306 g/mol. The summed E-state index contributed by atoms with van der Waals surface area (Å²) in [7, 11) is 0. The van der Waals surface area contributed by atoms with Crippen molar-refractivity contribution in [2.75, 3.05) is 24.6 Å². The number of nitrogens with zero attached hydrogens (tertiary/aromatic N) is 4. The third kappa shape index (κ3) is 2.64. The molecule has 1 fully saturated rings. The molecule has 0 amide bonds. The zero-order chi connectivity index (χ0) is 15.6. The number of fused-ring (bicyclic) bond motifs is 1. The molecule has 1 N–H and O–H groups in total. The van der Waals surface area contributed by atoms with Crippen molar-refractivity contribution < 1.29 is 5.11 Å². The van der Waals surface area contributed by atoms with Crippen molar-refractivity contribution in [1.29, 1.82) is 0 Å². The molecule has 5 heteroatoms. The molecule has 0 spiro atoms. The molecular formula is C18H18N4O. The zero-order valence-electron chi connectivity index (χ0n) is 12.8. The molecule has 1 atom stereocenters. The molecule has 3 aromatic rings. The summed E-state index contributed by atoms with van der Waals surface area (Å²) in [5.41, 5.74) is 1.85. The first-order valence-corrected chi connectivity index (χ1v) is 7.88. The summed E-state index contributed by atoms with van der Waals surface area (Å²) < 4.78 is 0. The predicted octanol–water partition coefficient (Wildman–Crippen LogP) is 2.51. The lowest BCUT2D eigenvalue weighted by Crippen LogP contribution is -2.22. The molecular weight excluding hydrogens is 288 g/mol. The first-order valence-electron chi connectivity index (χ1n) is 7.88. The Morgan fingerprint density at radius 3 is 2.83 bits per heavy atom. The molecule has 3 heterocycles. The van der Waals surface area contributed by atoms with Crippen molar-refractivity contribution in [2.45, 2.75) is 6.42 Å². The van der Waals surface area contributed by atoms with Crippen LogP contribution < -0.4 is 4.90 Å². The largest absolute Gasteiger partial charge is 0.396 e. The Hall–Kier alpha value is -2.53. The fourth-order valence-electron chi connectivity index (χ4n) is 3.10. The van der Waals surface area contributed by atoms with E-state index in [1.807, 2.05) is 30.3 Å². The van der Waals surface area contributed by atoms with Gasteiger partial charge < -0.3 is 10.0 Å². The van der Waals surface area contributed by atoms with Gasteiger partial charge in [-0.2, -0.15) is 0 Å². The van der Waals surface area contributed by atoms with Crippen LogP contribution >= 0.6 is 0 Å². The number of anilines is 1. The monoisotopic (exact) mass is 306 g/mol. The number of para-hydroxylation sites is 1. The van der Waals surface area contributed by atoms with Crippen LogP contribution in [-0.4, -0.2) is 39.8 Å². The van der Waals surface area contributed by atoms with Crippen LogP contribution in [0.5, 0.6) is 0 Å². The molecule has 0 bridgehead atoms. The van der Waals surface area contributed by atoms with Crippen LogP contribution in [0.4, 0.5) is 5.82 Å². The topological polar surface area (TPSA) is 62.1 Å². The van der Waals surface area contributed by atoms with Crippen molar-refractivity contribution in [1.82, 2.24) is 15.0 Å². The van der Waals surface area contributed by atoms with Crippen LogP contribution in [0.15, 0.2) is 48.8 Å². The molecule has 2 aromatic heterocycles. The highest BCUT2D eigenvalue weighted by Crippen LogP contribution is 2.30. The molecule has 1 aliphatic rings. The van der Waals surface area contributed by atoms with Crippen LogP contribution in [-0.2, 0) is 0 Å². The molecule has 1 aliphatic heterocycles. The highest BCUT2D eigenvalue weighted by molar-refractivity contribution is 5.91. The van der Waals surface area contributed by atoms with E-state index in [4.69, 9.17) is 4.98 Å². The number of aliphatic hydroxyl groups is 1. The van der Waals surface area contributed by atoms with Crippen molar-refractivity contribution in [3.05, 3.63) is 48.8 Å². The van der Waals surface area contributed by atoms with Crippen LogP contribution in [0.3, 0.4) is 0 Å². The van der Waals surface area contributed by atoms with Crippen molar-refractivity contribution in [3.63, 3.8) is 0 Å². The predicted molar refractivity (Wildman–Crippen MR) is 90.2 cm³/mol. The van der Waals surface area contributed by atoms with Crippen molar-refractivity contribution >= 4 is 16.7 Å². The number of pyridine rings is 1. The third-order valence-corrected chi connectivity index (χ3v) is 4.35. The molecule has 4 rings (SSSR count). The number of hydrogen-bond acceptors (Lipinski definition) is 5. The number of aromatic nitrogens is 3. The Morgan fingerprint density at radius 1 is 1.13 bits per heavy atom. The Kier molecular flexibility index (Phi) is 3.63. The molecule has 0 aliphatic carbocycles. The standard InChI is InChI=1S/C18H18N4O/c23-12-13-7-9-22(11-13)18-15-5-1-2-6-16(15)20-17(21-18)14-4-3-8-19-10-14/h1-6,8,10,13,23H,7,9,11-12H2. The van der Waals surface area contributed by atoms with Crippen molar-refractivity contribution in [2.24, 2.45) is 5.92 Å². The Labute approximate surface area is 134 Å². The van der Waals surface area contributed by atoms with E-state index in [9.17, 15) is 5.11 Å². The maximum absolute atomic E-state index is 9.41. The van der Waals surface area contributed by atoms with E-state index in [0.29, 0.717) is 11.7 Å². The van der Waals surface area contributed by atoms with Gasteiger partial charge in [-0.1, -0.05) is 12.1 Å². The summed E-state index contributed by atoms with van der Waals surface area (Å²) >= 11 is 0. The molecule has 0 saturated carbocycles. The molecule has 1 saturated heterocycles. The van der Waals surface area contributed by atoms with E-state index in [0.717, 1.165) is 41.8 Å². The molecule has 5 nitrogen and oxygen atoms in total. The van der Waals surface area contributed by atoms with Crippen LogP contribution in [0.2, 0.25) is 0 Å². The molecule has 1 unspecified atom stereocenters.